The molecule has 84 valence electrons. The zero-order valence-corrected chi connectivity index (χ0v) is 12.4. The SMILES string of the molecule is COCC(CBr)(CBr)c1cccc(Cl)c1. The average molecular weight is 356 g/mol. The summed E-state index contributed by atoms with van der Waals surface area (Å²) in [4.78, 5) is 0. The maximum absolute atomic E-state index is 5.99. The highest BCUT2D eigenvalue weighted by molar-refractivity contribution is 9.09. The summed E-state index contributed by atoms with van der Waals surface area (Å²) >= 11 is 13.1. The lowest BCUT2D eigenvalue weighted by Gasteiger charge is -2.29. The lowest BCUT2D eigenvalue weighted by molar-refractivity contribution is 0.152. The normalized spacial score (nSPS) is 11.7. The fourth-order valence-electron chi connectivity index (χ4n) is 1.45. The summed E-state index contributed by atoms with van der Waals surface area (Å²) in [5.41, 5.74) is 1.13. The van der Waals surface area contributed by atoms with Crippen LogP contribution in [0.5, 0.6) is 0 Å². The molecule has 1 aromatic rings. The molecular formula is C11H13Br2ClO. The second-order valence-corrected chi connectivity index (χ2v) is 5.05. The van der Waals surface area contributed by atoms with Crippen molar-refractivity contribution in [2.24, 2.45) is 0 Å². The van der Waals surface area contributed by atoms with Gasteiger partial charge in [0.1, 0.15) is 0 Å². The summed E-state index contributed by atoms with van der Waals surface area (Å²) in [6, 6.07) is 7.91. The van der Waals surface area contributed by atoms with Crippen LogP contribution in [-0.4, -0.2) is 24.4 Å². The van der Waals surface area contributed by atoms with Crippen LogP contribution >= 0.6 is 43.5 Å². The fourth-order valence-corrected chi connectivity index (χ4v) is 3.54. The molecule has 0 heterocycles. The molecule has 0 fully saturated rings. The van der Waals surface area contributed by atoms with Crippen LogP contribution in [0.15, 0.2) is 24.3 Å². The van der Waals surface area contributed by atoms with Crippen LogP contribution in [0.1, 0.15) is 5.56 Å². The molecule has 0 saturated heterocycles. The molecule has 0 aromatic heterocycles. The van der Waals surface area contributed by atoms with Gasteiger partial charge in [0.05, 0.1) is 6.61 Å². The van der Waals surface area contributed by atoms with E-state index in [2.05, 4.69) is 37.9 Å². The van der Waals surface area contributed by atoms with Crippen molar-refractivity contribution in [2.45, 2.75) is 5.41 Å². The minimum absolute atomic E-state index is 0.0559. The number of ether oxygens (including phenoxy) is 1. The first-order valence-electron chi connectivity index (χ1n) is 4.55. The molecule has 1 aromatic carbocycles. The lowest BCUT2D eigenvalue weighted by atomic mass is 9.85. The number of hydrogen-bond acceptors (Lipinski definition) is 1. The third-order valence-corrected chi connectivity index (χ3v) is 4.75. The van der Waals surface area contributed by atoms with Gasteiger partial charge < -0.3 is 4.74 Å². The van der Waals surface area contributed by atoms with Crippen molar-refractivity contribution in [3.63, 3.8) is 0 Å². The van der Waals surface area contributed by atoms with E-state index in [-0.39, 0.29) is 5.41 Å². The Balaban J connectivity index is 3.07. The van der Waals surface area contributed by atoms with Crippen LogP contribution in [0.3, 0.4) is 0 Å². The summed E-state index contributed by atoms with van der Waals surface area (Å²) < 4.78 is 5.28. The Labute approximate surface area is 112 Å². The molecule has 0 aliphatic heterocycles. The minimum atomic E-state index is -0.0559. The first-order chi connectivity index (χ1) is 7.18. The van der Waals surface area contributed by atoms with Crippen molar-refractivity contribution in [1.82, 2.24) is 0 Å². The largest absolute Gasteiger partial charge is 0.384 e. The monoisotopic (exact) mass is 354 g/mol. The van der Waals surface area contributed by atoms with E-state index < -0.39 is 0 Å². The van der Waals surface area contributed by atoms with E-state index in [1.165, 1.54) is 5.56 Å². The Hall–Kier alpha value is 0.430. The minimum Gasteiger partial charge on any atom is -0.384 e. The highest BCUT2D eigenvalue weighted by atomic mass is 79.9. The summed E-state index contributed by atoms with van der Waals surface area (Å²) in [6.45, 7) is 0.657. The Bertz CT molecular complexity index is 313. The second kappa shape index (κ2) is 6.24. The van der Waals surface area contributed by atoms with Crippen LogP contribution in [0, 0.1) is 0 Å². The van der Waals surface area contributed by atoms with Gasteiger partial charge in [-0.15, -0.1) is 0 Å². The van der Waals surface area contributed by atoms with Gasteiger partial charge in [0.15, 0.2) is 0 Å². The van der Waals surface area contributed by atoms with Gasteiger partial charge in [-0.25, -0.2) is 0 Å². The van der Waals surface area contributed by atoms with Gasteiger partial charge in [0, 0.05) is 28.2 Å². The van der Waals surface area contributed by atoms with Crippen molar-refractivity contribution < 1.29 is 4.74 Å². The zero-order chi connectivity index (χ0) is 11.3. The third kappa shape index (κ3) is 3.19. The number of hydrogen-bond donors (Lipinski definition) is 0. The van der Waals surface area contributed by atoms with Crippen molar-refractivity contribution in [1.29, 1.82) is 0 Å². The molecule has 0 radical (unpaired) electrons. The molecule has 4 heteroatoms. The molecule has 0 aliphatic rings. The number of rotatable bonds is 5. The maximum Gasteiger partial charge on any atom is 0.0575 e. The molecule has 0 atom stereocenters. The topological polar surface area (TPSA) is 9.23 Å². The summed E-state index contributed by atoms with van der Waals surface area (Å²) in [6.07, 6.45) is 0. The molecule has 0 aliphatic carbocycles. The third-order valence-electron chi connectivity index (χ3n) is 2.37. The van der Waals surface area contributed by atoms with Crippen molar-refractivity contribution in [3.8, 4) is 0 Å². The zero-order valence-electron chi connectivity index (χ0n) is 8.47. The first kappa shape index (κ1) is 13.5. The van der Waals surface area contributed by atoms with Crippen LogP contribution in [0.2, 0.25) is 5.02 Å². The smallest absolute Gasteiger partial charge is 0.0575 e. The van der Waals surface area contributed by atoms with Gasteiger partial charge in [0.2, 0.25) is 0 Å². The van der Waals surface area contributed by atoms with E-state index in [4.69, 9.17) is 16.3 Å². The summed E-state index contributed by atoms with van der Waals surface area (Å²) in [5, 5.41) is 2.42. The molecule has 0 N–H and O–H groups in total. The molecule has 0 spiro atoms. The van der Waals surface area contributed by atoms with Crippen molar-refractivity contribution >= 4 is 43.5 Å². The highest BCUT2D eigenvalue weighted by Gasteiger charge is 2.30. The average Bonchev–Trinajstić information content (AvgIpc) is 2.26. The predicted molar refractivity (Wildman–Crippen MR) is 72.6 cm³/mol. The maximum atomic E-state index is 5.99. The van der Waals surface area contributed by atoms with E-state index in [0.29, 0.717) is 6.61 Å². The number of alkyl halides is 2. The number of halogens is 3. The Morgan fingerprint density at radius 3 is 2.47 bits per heavy atom. The van der Waals surface area contributed by atoms with Gasteiger partial charge in [-0.05, 0) is 17.7 Å². The number of benzene rings is 1. The van der Waals surface area contributed by atoms with E-state index in [1.54, 1.807) is 7.11 Å². The molecule has 0 saturated carbocycles. The standard InChI is InChI=1S/C11H13Br2ClO/c1-15-8-11(6-12,7-13)9-3-2-4-10(14)5-9/h2-5H,6-8H2,1H3. The molecule has 0 amide bonds. The molecular weight excluding hydrogens is 343 g/mol. The second-order valence-electron chi connectivity index (χ2n) is 3.49. The van der Waals surface area contributed by atoms with Gasteiger partial charge in [-0.3, -0.25) is 0 Å². The lowest BCUT2D eigenvalue weighted by Crippen LogP contribution is -2.35. The van der Waals surface area contributed by atoms with Crippen LogP contribution in [0.4, 0.5) is 0 Å². The Kier molecular flexibility index (Phi) is 5.61. The predicted octanol–water partition coefficient (Wildman–Crippen LogP) is 4.01. The molecule has 0 unspecified atom stereocenters. The van der Waals surface area contributed by atoms with Gasteiger partial charge in [-0.1, -0.05) is 55.6 Å². The van der Waals surface area contributed by atoms with Crippen molar-refractivity contribution in [3.05, 3.63) is 34.9 Å². The first-order valence-corrected chi connectivity index (χ1v) is 7.17. The van der Waals surface area contributed by atoms with Crippen LogP contribution in [0.25, 0.3) is 0 Å². The molecule has 1 rings (SSSR count). The fraction of sp³-hybridized carbons (Fsp3) is 0.455. The van der Waals surface area contributed by atoms with E-state index in [0.717, 1.165) is 15.7 Å². The van der Waals surface area contributed by atoms with E-state index >= 15 is 0 Å². The summed E-state index contributed by atoms with van der Waals surface area (Å²) in [5.74, 6) is 0. The molecule has 0 bridgehead atoms. The quantitative estimate of drug-likeness (QED) is 0.724. The van der Waals surface area contributed by atoms with Gasteiger partial charge in [-0.2, -0.15) is 0 Å². The van der Waals surface area contributed by atoms with Gasteiger partial charge in [0.25, 0.3) is 0 Å². The molecule has 1 nitrogen and oxygen atoms in total. The summed E-state index contributed by atoms with van der Waals surface area (Å²) in [7, 11) is 1.71. The number of methoxy groups -OCH3 is 1. The Morgan fingerprint density at radius 2 is 2.00 bits per heavy atom. The molecule has 15 heavy (non-hydrogen) atoms. The van der Waals surface area contributed by atoms with E-state index in [1.807, 2.05) is 18.2 Å². The van der Waals surface area contributed by atoms with E-state index in [9.17, 15) is 0 Å². The van der Waals surface area contributed by atoms with Crippen molar-refractivity contribution in [2.75, 3.05) is 24.4 Å². The van der Waals surface area contributed by atoms with Gasteiger partial charge >= 0.3 is 0 Å². The highest BCUT2D eigenvalue weighted by Crippen LogP contribution is 2.30. The Morgan fingerprint density at radius 1 is 1.33 bits per heavy atom. The van der Waals surface area contributed by atoms with Crippen LogP contribution < -0.4 is 0 Å². The van der Waals surface area contributed by atoms with Crippen LogP contribution in [-0.2, 0) is 10.2 Å².